The van der Waals surface area contributed by atoms with E-state index in [1.807, 2.05) is 11.0 Å². The van der Waals surface area contributed by atoms with Crippen molar-refractivity contribution >= 4 is 5.91 Å². The Labute approximate surface area is 159 Å². The molecule has 1 unspecified atom stereocenters. The van der Waals surface area contributed by atoms with Gasteiger partial charge in [-0.1, -0.05) is 11.2 Å². The van der Waals surface area contributed by atoms with Gasteiger partial charge in [0, 0.05) is 32.2 Å². The van der Waals surface area contributed by atoms with Gasteiger partial charge in [0.15, 0.2) is 11.5 Å². The van der Waals surface area contributed by atoms with Gasteiger partial charge >= 0.3 is 0 Å². The number of methoxy groups -OCH3 is 1. The number of benzene rings is 1. The Morgan fingerprint density at radius 3 is 2.96 bits per heavy atom. The Morgan fingerprint density at radius 2 is 2.11 bits per heavy atom. The normalized spacial score (nSPS) is 19.1. The number of likely N-dealkylation sites (tertiary alicyclic amines) is 1. The number of amides is 1. The van der Waals surface area contributed by atoms with E-state index in [-0.39, 0.29) is 12.5 Å². The Morgan fingerprint density at radius 1 is 1.26 bits per heavy atom. The Kier molecular flexibility index (Phi) is 5.43. The molecule has 144 valence electrons. The van der Waals surface area contributed by atoms with Gasteiger partial charge in [-0.15, -0.1) is 0 Å². The summed E-state index contributed by atoms with van der Waals surface area (Å²) in [5.74, 6) is 1.71. The highest BCUT2D eigenvalue weighted by atomic mass is 16.5. The number of ether oxygens (including phenoxy) is 2. The van der Waals surface area contributed by atoms with Gasteiger partial charge < -0.3 is 18.9 Å². The fourth-order valence-electron chi connectivity index (χ4n) is 3.99. The molecule has 1 aliphatic carbocycles. The molecule has 1 atom stereocenters. The zero-order valence-electron chi connectivity index (χ0n) is 15.8. The molecule has 0 bridgehead atoms. The zero-order chi connectivity index (χ0) is 18.6. The number of carbonyl (C=O) groups excluding carboxylic acids is 1. The van der Waals surface area contributed by atoms with Crippen LogP contribution in [0.15, 0.2) is 28.8 Å². The number of carbonyl (C=O) groups is 1. The van der Waals surface area contributed by atoms with E-state index < -0.39 is 0 Å². The van der Waals surface area contributed by atoms with E-state index >= 15 is 0 Å². The number of aromatic nitrogens is 1. The van der Waals surface area contributed by atoms with Gasteiger partial charge in [0.2, 0.25) is 0 Å². The molecule has 1 fully saturated rings. The van der Waals surface area contributed by atoms with Crippen molar-refractivity contribution in [3.8, 4) is 5.75 Å². The van der Waals surface area contributed by atoms with Crippen LogP contribution in [0, 0.1) is 5.92 Å². The minimum atomic E-state index is -0.0858. The molecule has 0 radical (unpaired) electrons. The highest BCUT2D eigenvalue weighted by molar-refractivity contribution is 5.92. The lowest BCUT2D eigenvalue weighted by Crippen LogP contribution is -2.29. The van der Waals surface area contributed by atoms with Crippen LogP contribution in [0.25, 0.3) is 0 Å². The van der Waals surface area contributed by atoms with Gasteiger partial charge in [-0.3, -0.25) is 4.79 Å². The predicted molar refractivity (Wildman–Crippen MR) is 99.8 cm³/mol. The van der Waals surface area contributed by atoms with Crippen molar-refractivity contribution in [2.24, 2.45) is 5.92 Å². The molecule has 2 heterocycles. The molecular formula is C21H26N2O4. The van der Waals surface area contributed by atoms with Crippen LogP contribution < -0.4 is 4.74 Å². The first kappa shape index (κ1) is 18.0. The van der Waals surface area contributed by atoms with Crippen LogP contribution in [0.2, 0.25) is 0 Å². The topological polar surface area (TPSA) is 64.8 Å². The molecule has 0 N–H and O–H groups in total. The molecule has 2 aromatic rings. The fraction of sp³-hybridized carbons (Fsp3) is 0.524. The van der Waals surface area contributed by atoms with E-state index in [0.717, 1.165) is 31.6 Å². The molecular weight excluding hydrogens is 344 g/mol. The fourth-order valence-corrected chi connectivity index (χ4v) is 3.99. The summed E-state index contributed by atoms with van der Waals surface area (Å²) in [7, 11) is 1.69. The summed E-state index contributed by atoms with van der Waals surface area (Å²) >= 11 is 0. The van der Waals surface area contributed by atoms with Crippen LogP contribution in [0.5, 0.6) is 5.75 Å². The van der Waals surface area contributed by atoms with Gasteiger partial charge in [-0.2, -0.15) is 0 Å². The van der Waals surface area contributed by atoms with Crippen LogP contribution in [0.4, 0.5) is 0 Å². The second-order valence-corrected chi connectivity index (χ2v) is 7.47. The number of aryl methyl sites for hydroxylation is 2. The number of rotatable bonds is 6. The predicted octanol–water partition coefficient (Wildman–Crippen LogP) is 3.24. The third-order valence-electron chi connectivity index (χ3n) is 5.45. The van der Waals surface area contributed by atoms with E-state index in [1.54, 1.807) is 13.2 Å². The van der Waals surface area contributed by atoms with Crippen molar-refractivity contribution in [1.82, 2.24) is 10.1 Å². The summed E-state index contributed by atoms with van der Waals surface area (Å²) in [6.07, 6.45) is 5.75. The summed E-state index contributed by atoms with van der Waals surface area (Å²) in [6, 6.07) is 7.97. The third kappa shape index (κ3) is 4.16. The summed E-state index contributed by atoms with van der Waals surface area (Å²) in [5.41, 5.74) is 3.16. The van der Waals surface area contributed by atoms with Crippen LogP contribution in [-0.2, 0) is 24.2 Å². The number of fused-ring (bicyclic) bond motifs is 1. The van der Waals surface area contributed by atoms with Gasteiger partial charge in [0.25, 0.3) is 5.91 Å². The van der Waals surface area contributed by atoms with Crippen molar-refractivity contribution in [3.63, 3.8) is 0 Å². The summed E-state index contributed by atoms with van der Waals surface area (Å²) < 4.78 is 16.3. The summed E-state index contributed by atoms with van der Waals surface area (Å²) in [4.78, 5) is 14.4. The molecule has 1 aromatic heterocycles. The monoisotopic (exact) mass is 370 g/mol. The highest BCUT2D eigenvalue weighted by Crippen LogP contribution is 2.26. The lowest BCUT2D eigenvalue weighted by atomic mass is 9.92. The van der Waals surface area contributed by atoms with Crippen LogP contribution >= 0.6 is 0 Å². The van der Waals surface area contributed by atoms with E-state index in [0.29, 0.717) is 30.5 Å². The maximum Gasteiger partial charge on any atom is 0.276 e. The van der Waals surface area contributed by atoms with Gasteiger partial charge in [-0.05, 0) is 55.4 Å². The molecule has 0 saturated carbocycles. The molecule has 27 heavy (non-hydrogen) atoms. The second-order valence-electron chi connectivity index (χ2n) is 7.47. The number of hydrogen-bond acceptors (Lipinski definition) is 5. The Hall–Kier alpha value is -2.34. The van der Waals surface area contributed by atoms with Crippen LogP contribution in [-0.4, -0.2) is 42.8 Å². The van der Waals surface area contributed by atoms with Gasteiger partial charge in [0.1, 0.15) is 12.4 Å². The third-order valence-corrected chi connectivity index (χ3v) is 5.45. The summed E-state index contributed by atoms with van der Waals surface area (Å²) in [6.45, 7) is 2.40. The molecule has 6 heteroatoms. The molecule has 6 nitrogen and oxygen atoms in total. The Balaban J connectivity index is 1.34. The molecule has 1 amide bonds. The van der Waals surface area contributed by atoms with E-state index in [1.165, 1.54) is 24.0 Å². The SMILES string of the molecule is COCC1CCN(C(=O)c2cc(COc3ccc4c(c3)CCCC4)on2)C1. The molecule has 1 aromatic carbocycles. The number of nitrogens with zero attached hydrogens (tertiary/aromatic N) is 2. The second kappa shape index (κ2) is 8.13. The molecule has 1 aliphatic heterocycles. The van der Waals surface area contributed by atoms with Crippen LogP contribution in [0.1, 0.15) is 46.6 Å². The van der Waals surface area contributed by atoms with E-state index in [9.17, 15) is 4.79 Å². The highest BCUT2D eigenvalue weighted by Gasteiger charge is 2.28. The van der Waals surface area contributed by atoms with Crippen molar-refractivity contribution in [2.45, 2.75) is 38.7 Å². The van der Waals surface area contributed by atoms with Crippen LogP contribution in [0.3, 0.4) is 0 Å². The zero-order valence-corrected chi connectivity index (χ0v) is 15.8. The minimum Gasteiger partial charge on any atom is -0.486 e. The van der Waals surface area contributed by atoms with E-state index in [4.69, 9.17) is 14.0 Å². The Bertz CT molecular complexity index is 801. The quantitative estimate of drug-likeness (QED) is 0.781. The average Bonchev–Trinajstić information content (AvgIpc) is 3.36. The molecule has 1 saturated heterocycles. The van der Waals surface area contributed by atoms with Gasteiger partial charge in [-0.25, -0.2) is 0 Å². The lowest BCUT2D eigenvalue weighted by Gasteiger charge is -2.16. The summed E-state index contributed by atoms with van der Waals surface area (Å²) in [5, 5.41) is 3.94. The first-order chi connectivity index (χ1) is 13.2. The van der Waals surface area contributed by atoms with Crippen molar-refractivity contribution in [3.05, 3.63) is 46.8 Å². The average molecular weight is 370 g/mol. The standard InChI is InChI=1S/C21H26N2O4/c1-25-13-15-8-9-23(12-15)21(24)20-11-19(27-22-20)14-26-18-7-6-16-4-2-3-5-17(16)10-18/h6-7,10-11,15H,2-5,8-9,12-14H2,1H3. The van der Waals surface area contributed by atoms with E-state index in [2.05, 4.69) is 17.3 Å². The molecule has 4 rings (SSSR count). The molecule has 0 spiro atoms. The first-order valence-electron chi connectivity index (χ1n) is 9.71. The van der Waals surface area contributed by atoms with Crippen molar-refractivity contribution < 1.29 is 18.8 Å². The lowest BCUT2D eigenvalue weighted by molar-refractivity contribution is 0.0765. The largest absolute Gasteiger partial charge is 0.486 e. The maximum absolute atomic E-state index is 12.6. The van der Waals surface area contributed by atoms with Crippen molar-refractivity contribution in [2.75, 3.05) is 26.8 Å². The van der Waals surface area contributed by atoms with Crippen molar-refractivity contribution in [1.29, 1.82) is 0 Å². The number of hydrogen-bond donors (Lipinski definition) is 0. The first-order valence-corrected chi connectivity index (χ1v) is 9.71. The molecule has 2 aliphatic rings. The smallest absolute Gasteiger partial charge is 0.276 e. The van der Waals surface area contributed by atoms with Gasteiger partial charge in [0.05, 0.1) is 6.61 Å². The minimum absolute atomic E-state index is 0.0858. The maximum atomic E-state index is 12.6.